The smallest absolute Gasteiger partial charge is 0.296 e. The Kier molecular flexibility index (Phi) is 9.04. The number of nitrogens with zero attached hydrogens (tertiary/aromatic N) is 2. The molecular weight excluding hydrogens is 371 g/mol. The van der Waals surface area contributed by atoms with Crippen LogP contribution >= 0.6 is 0 Å². The monoisotopic (exact) mass is 404 g/mol. The van der Waals surface area contributed by atoms with Crippen LogP contribution in [-0.4, -0.2) is 21.2 Å². The fraction of sp³-hybridized carbons (Fsp3) is 0.455. The van der Waals surface area contributed by atoms with E-state index < -0.39 is 16.8 Å². The molecule has 0 bridgehead atoms. The summed E-state index contributed by atoms with van der Waals surface area (Å²) in [6, 6.07) is 6.04. The Bertz CT molecular complexity index is 874. The molecule has 0 spiro atoms. The molecule has 0 unspecified atom stereocenters. The summed E-state index contributed by atoms with van der Waals surface area (Å²) in [5.41, 5.74) is 0.355. The van der Waals surface area contributed by atoms with Gasteiger partial charge in [0.15, 0.2) is 0 Å². The number of aromatic hydroxyl groups is 1. The molecule has 0 radical (unpaired) electrons. The number of hydrogen-bond acceptors (Lipinski definition) is 5. The number of nitrogens with one attached hydrogen (secondary N) is 2. The van der Waals surface area contributed by atoms with Crippen molar-refractivity contribution in [1.82, 2.24) is 20.2 Å². The van der Waals surface area contributed by atoms with Crippen LogP contribution in [0.3, 0.4) is 0 Å². The zero-order valence-electron chi connectivity index (χ0n) is 18.3. The molecule has 3 N–H and O–H groups in total. The standard InChI is InChI=1S/C18H21FN4O2.2C2H6/c1-11(20-10-12-4-6-13(19)7-5-12)14-15(24)16(25)23-9-8-21-18(2,3)17(23)22-14;2*1-2/h4-7,20-21,24H,1,8-10H2,2-3H3;2*1-2H3. The van der Waals surface area contributed by atoms with E-state index in [1.54, 1.807) is 12.1 Å². The largest absolute Gasteiger partial charge is 0.501 e. The molecule has 0 amide bonds. The van der Waals surface area contributed by atoms with Gasteiger partial charge >= 0.3 is 0 Å². The Balaban J connectivity index is 0.000000989. The lowest BCUT2D eigenvalue weighted by Crippen LogP contribution is -2.49. The van der Waals surface area contributed by atoms with Gasteiger partial charge in [-0.3, -0.25) is 9.36 Å². The highest BCUT2D eigenvalue weighted by atomic mass is 19.1. The molecule has 1 aromatic heterocycles. The quantitative estimate of drug-likeness (QED) is 0.723. The second-order valence-electron chi connectivity index (χ2n) is 6.60. The van der Waals surface area contributed by atoms with Crippen LogP contribution in [0.2, 0.25) is 0 Å². The lowest BCUT2D eigenvalue weighted by atomic mass is 10.0. The van der Waals surface area contributed by atoms with Gasteiger partial charge in [-0.2, -0.15) is 0 Å². The predicted octanol–water partition coefficient (Wildman–Crippen LogP) is 3.74. The first-order valence-corrected chi connectivity index (χ1v) is 10.1. The van der Waals surface area contributed by atoms with Gasteiger partial charge in [-0.25, -0.2) is 9.37 Å². The van der Waals surface area contributed by atoms with E-state index >= 15 is 0 Å². The van der Waals surface area contributed by atoms with Crippen LogP contribution in [-0.2, 0) is 18.6 Å². The van der Waals surface area contributed by atoms with Gasteiger partial charge < -0.3 is 15.7 Å². The molecule has 0 fully saturated rings. The molecule has 2 heterocycles. The minimum absolute atomic E-state index is 0.134. The summed E-state index contributed by atoms with van der Waals surface area (Å²) in [6.07, 6.45) is 0. The zero-order valence-corrected chi connectivity index (χ0v) is 18.3. The van der Waals surface area contributed by atoms with Gasteiger partial charge in [0.2, 0.25) is 5.75 Å². The van der Waals surface area contributed by atoms with E-state index in [9.17, 15) is 14.3 Å². The fourth-order valence-electron chi connectivity index (χ4n) is 2.89. The highest BCUT2D eigenvalue weighted by Gasteiger charge is 2.32. The topological polar surface area (TPSA) is 79.2 Å². The number of benzene rings is 1. The molecule has 0 aliphatic carbocycles. The van der Waals surface area contributed by atoms with E-state index in [0.29, 0.717) is 31.2 Å². The van der Waals surface area contributed by atoms with Crippen molar-refractivity contribution in [2.75, 3.05) is 6.54 Å². The van der Waals surface area contributed by atoms with Crippen molar-refractivity contribution in [2.24, 2.45) is 0 Å². The van der Waals surface area contributed by atoms with E-state index in [1.807, 2.05) is 41.5 Å². The molecule has 7 heteroatoms. The van der Waals surface area contributed by atoms with E-state index in [4.69, 9.17) is 0 Å². The SMILES string of the molecule is C=C(NCc1ccc(F)cc1)c1nc2n(c(=O)c1O)CCNC2(C)C.CC.CC. The minimum Gasteiger partial charge on any atom is -0.501 e. The Morgan fingerprint density at radius 3 is 2.45 bits per heavy atom. The van der Waals surface area contributed by atoms with Crippen molar-refractivity contribution in [3.63, 3.8) is 0 Å². The summed E-state index contributed by atoms with van der Waals surface area (Å²) >= 11 is 0. The third kappa shape index (κ3) is 5.67. The maximum Gasteiger partial charge on any atom is 0.296 e. The molecule has 0 saturated carbocycles. The average Bonchev–Trinajstić information content (AvgIpc) is 2.73. The molecule has 0 saturated heterocycles. The average molecular weight is 405 g/mol. The molecule has 29 heavy (non-hydrogen) atoms. The molecule has 160 valence electrons. The first-order chi connectivity index (χ1) is 13.8. The van der Waals surface area contributed by atoms with Crippen LogP contribution in [0.25, 0.3) is 5.70 Å². The molecule has 3 rings (SSSR count). The number of halogens is 1. The summed E-state index contributed by atoms with van der Waals surface area (Å²) in [4.78, 5) is 17.0. The Morgan fingerprint density at radius 2 is 1.86 bits per heavy atom. The van der Waals surface area contributed by atoms with E-state index in [-0.39, 0.29) is 11.5 Å². The van der Waals surface area contributed by atoms with Gasteiger partial charge in [0, 0.05) is 19.6 Å². The highest BCUT2D eigenvalue weighted by Crippen LogP contribution is 2.25. The fourth-order valence-corrected chi connectivity index (χ4v) is 2.89. The highest BCUT2D eigenvalue weighted by molar-refractivity contribution is 5.63. The number of rotatable bonds is 4. The maximum atomic E-state index is 13.0. The van der Waals surface area contributed by atoms with Crippen LogP contribution in [0.1, 0.15) is 58.6 Å². The second-order valence-corrected chi connectivity index (χ2v) is 6.60. The van der Waals surface area contributed by atoms with Crippen molar-refractivity contribution >= 4 is 5.70 Å². The maximum absolute atomic E-state index is 13.0. The van der Waals surface area contributed by atoms with Crippen molar-refractivity contribution < 1.29 is 9.50 Å². The minimum atomic E-state index is -0.489. The number of fused-ring (bicyclic) bond motifs is 1. The third-order valence-electron chi connectivity index (χ3n) is 4.31. The summed E-state index contributed by atoms with van der Waals surface area (Å²) in [5.74, 6) is -0.168. The Morgan fingerprint density at radius 1 is 1.28 bits per heavy atom. The van der Waals surface area contributed by atoms with Gasteiger partial charge in [0.05, 0.1) is 11.2 Å². The molecule has 1 aliphatic heterocycles. The summed E-state index contributed by atoms with van der Waals surface area (Å²) in [7, 11) is 0. The normalized spacial score (nSPS) is 13.8. The molecule has 0 atom stereocenters. The molecule has 2 aromatic rings. The lowest BCUT2D eigenvalue weighted by Gasteiger charge is -2.33. The van der Waals surface area contributed by atoms with Crippen LogP contribution in [0, 0.1) is 5.82 Å². The van der Waals surface area contributed by atoms with Crippen molar-refractivity contribution in [3.05, 3.63) is 64.1 Å². The summed E-state index contributed by atoms with van der Waals surface area (Å²) in [6.45, 7) is 17.2. The van der Waals surface area contributed by atoms with Crippen LogP contribution in [0.15, 0.2) is 35.6 Å². The van der Waals surface area contributed by atoms with Gasteiger partial charge in [-0.15, -0.1) is 0 Å². The zero-order chi connectivity index (χ0) is 22.2. The van der Waals surface area contributed by atoms with E-state index in [1.165, 1.54) is 16.7 Å². The van der Waals surface area contributed by atoms with Gasteiger partial charge in [-0.1, -0.05) is 46.4 Å². The predicted molar refractivity (Wildman–Crippen MR) is 116 cm³/mol. The Hall–Kier alpha value is -2.67. The third-order valence-corrected chi connectivity index (χ3v) is 4.31. The first kappa shape index (κ1) is 24.4. The molecular formula is C22H33FN4O2. The Labute approximate surface area is 172 Å². The lowest BCUT2D eigenvalue weighted by molar-refractivity contribution is 0.298. The van der Waals surface area contributed by atoms with Gasteiger partial charge in [0.1, 0.15) is 17.3 Å². The van der Waals surface area contributed by atoms with Crippen molar-refractivity contribution in [3.8, 4) is 5.75 Å². The second kappa shape index (κ2) is 10.8. The molecule has 6 nitrogen and oxygen atoms in total. The van der Waals surface area contributed by atoms with Gasteiger partial charge in [-0.05, 0) is 31.5 Å². The summed E-state index contributed by atoms with van der Waals surface area (Å²) < 4.78 is 14.4. The van der Waals surface area contributed by atoms with E-state index in [2.05, 4.69) is 22.2 Å². The number of aromatic nitrogens is 2. The van der Waals surface area contributed by atoms with E-state index in [0.717, 1.165) is 5.56 Å². The number of hydrogen-bond donors (Lipinski definition) is 3. The van der Waals surface area contributed by atoms with Crippen molar-refractivity contribution in [1.29, 1.82) is 0 Å². The molecule has 1 aromatic carbocycles. The van der Waals surface area contributed by atoms with Crippen LogP contribution in [0.5, 0.6) is 5.75 Å². The van der Waals surface area contributed by atoms with Crippen molar-refractivity contribution in [2.45, 2.75) is 60.2 Å². The van der Waals surface area contributed by atoms with Gasteiger partial charge in [0.25, 0.3) is 5.56 Å². The molecule has 1 aliphatic rings. The first-order valence-electron chi connectivity index (χ1n) is 10.1. The summed E-state index contributed by atoms with van der Waals surface area (Å²) in [5, 5.41) is 16.6. The van der Waals surface area contributed by atoms with Crippen LogP contribution < -0.4 is 16.2 Å². The van der Waals surface area contributed by atoms with Crippen LogP contribution in [0.4, 0.5) is 4.39 Å².